The van der Waals surface area contributed by atoms with Crippen LogP contribution < -0.4 is 0 Å². The molecule has 6 nitrogen and oxygen atoms in total. The Morgan fingerprint density at radius 2 is 1.96 bits per heavy atom. The largest absolute Gasteiger partial charge is 0.331 e. The quantitative estimate of drug-likeness (QED) is 0.633. The average Bonchev–Trinajstić information content (AvgIpc) is 3.27. The van der Waals surface area contributed by atoms with Gasteiger partial charge in [0.05, 0.1) is 29.2 Å². The van der Waals surface area contributed by atoms with E-state index in [-0.39, 0.29) is 11.9 Å². The molecule has 140 valence electrons. The summed E-state index contributed by atoms with van der Waals surface area (Å²) in [7, 11) is 1.91. The molecule has 0 bridgehead atoms. The predicted molar refractivity (Wildman–Crippen MR) is 107 cm³/mol. The van der Waals surface area contributed by atoms with Crippen molar-refractivity contribution < 1.29 is 4.79 Å². The second kappa shape index (κ2) is 7.31. The Bertz CT molecular complexity index is 959. The molecule has 0 radical (unpaired) electrons. The Hall–Kier alpha value is -2.41. The minimum atomic E-state index is 0.0458. The van der Waals surface area contributed by atoms with Crippen molar-refractivity contribution in [2.24, 2.45) is 7.05 Å². The number of amides is 1. The van der Waals surface area contributed by atoms with Gasteiger partial charge in [-0.15, -0.1) is 0 Å². The van der Waals surface area contributed by atoms with Crippen molar-refractivity contribution in [1.29, 1.82) is 0 Å². The summed E-state index contributed by atoms with van der Waals surface area (Å²) in [6, 6.07) is 7.97. The van der Waals surface area contributed by atoms with E-state index in [1.165, 1.54) is 0 Å². The molecule has 3 heterocycles. The van der Waals surface area contributed by atoms with Crippen LogP contribution >= 0.6 is 15.9 Å². The van der Waals surface area contributed by atoms with E-state index in [2.05, 4.69) is 26.1 Å². The highest BCUT2D eigenvalue weighted by Gasteiger charge is 2.31. The lowest BCUT2D eigenvalue weighted by atomic mass is 9.96. The summed E-state index contributed by atoms with van der Waals surface area (Å²) in [6.45, 7) is 2.66. The fraction of sp³-hybridized carbons (Fsp3) is 0.350. The highest BCUT2D eigenvalue weighted by molar-refractivity contribution is 9.10. The Morgan fingerprint density at radius 1 is 1.19 bits per heavy atom. The highest BCUT2D eigenvalue weighted by Crippen LogP contribution is 2.32. The molecule has 1 fully saturated rings. The molecule has 0 spiro atoms. The number of rotatable bonds is 3. The number of halogens is 1. The van der Waals surface area contributed by atoms with Gasteiger partial charge in [0, 0.05) is 36.0 Å². The summed E-state index contributed by atoms with van der Waals surface area (Å²) in [5, 5.41) is 8.85. The third-order valence-electron chi connectivity index (χ3n) is 5.09. The normalized spacial score (nSPS) is 17.3. The number of aromatic nitrogens is 4. The molecule has 1 unspecified atom stereocenters. The van der Waals surface area contributed by atoms with Crippen LogP contribution in [-0.4, -0.2) is 36.9 Å². The number of piperidine rings is 1. The molecular formula is C20H22BrN5O. The molecule has 0 saturated carbocycles. The van der Waals surface area contributed by atoms with Crippen molar-refractivity contribution in [3.05, 3.63) is 64.1 Å². The number of benzene rings is 1. The van der Waals surface area contributed by atoms with E-state index in [1.807, 2.05) is 61.7 Å². The third-order valence-corrected chi connectivity index (χ3v) is 5.62. The van der Waals surface area contributed by atoms with E-state index >= 15 is 0 Å². The van der Waals surface area contributed by atoms with Gasteiger partial charge in [-0.1, -0.05) is 15.9 Å². The summed E-state index contributed by atoms with van der Waals surface area (Å²) in [5.41, 5.74) is 3.44. The molecule has 27 heavy (non-hydrogen) atoms. The number of hydrogen-bond donors (Lipinski definition) is 0. The topological polar surface area (TPSA) is 56.0 Å². The predicted octanol–water partition coefficient (Wildman–Crippen LogP) is 4.04. The SMILES string of the molecule is Cc1nn(-c2ccc(Br)cc2)cc1C(=O)N1CCCCC1c1cnn(C)c1. The van der Waals surface area contributed by atoms with Crippen molar-refractivity contribution in [1.82, 2.24) is 24.5 Å². The minimum absolute atomic E-state index is 0.0458. The molecule has 1 aliphatic rings. The first-order valence-electron chi connectivity index (χ1n) is 9.14. The number of carbonyl (C=O) groups excluding carboxylic acids is 1. The van der Waals surface area contributed by atoms with Crippen molar-refractivity contribution in [3.8, 4) is 5.69 Å². The van der Waals surface area contributed by atoms with Crippen LogP contribution in [0.5, 0.6) is 0 Å². The number of likely N-dealkylation sites (tertiary alicyclic amines) is 1. The van der Waals surface area contributed by atoms with Gasteiger partial charge in [-0.25, -0.2) is 4.68 Å². The van der Waals surface area contributed by atoms with Crippen molar-refractivity contribution >= 4 is 21.8 Å². The minimum Gasteiger partial charge on any atom is -0.331 e. The van der Waals surface area contributed by atoms with Gasteiger partial charge in [-0.3, -0.25) is 9.48 Å². The van der Waals surface area contributed by atoms with Gasteiger partial charge < -0.3 is 4.90 Å². The molecule has 1 atom stereocenters. The summed E-state index contributed by atoms with van der Waals surface area (Å²) in [6.07, 6.45) is 8.85. The molecule has 0 N–H and O–H groups in total. The number of aryl methyl sites for hydroxylation is 2. The maximum absolute atomic E-state index is 13.3. The lowest BCUT2D eigenvalue weighted by molar-refractivity contribution is 0.0610. The van der Waals surface area contributed by atoms with Crippen LogP contribution in [0.1, 0.15) is 46.9 Å². The maximum Gasteiger partial charge on any atom is 0.257 e. The number of nitrogens with zero attached hydrogens (tertiary/aromatic N) is 5. The van der Waals surface area contributed by atoms with Crippen LogP contribution in [0.25, 0.3) is 5.69 Å². The van der Waals surface area contributed by atoms with Gasteiger partial charge in [0.1, 0.15) is 0 Å². The molecule has 1 amide bonds. The smallest absolute Gasteiger partial charge is 0.257 e. The first-order valence-corrected chi connectivity index (χ1v) is 9.94. The van der Waals surface area contributed by atoms with Gasteiger partial charge in [-0.05, 0) is 50.5 Å². The van der Waals surface area contributed by atoms with Gasteiger partial charge in [0.25, 0.3) is 5.91 Å². The number of carbonyl (C=O) groups is 1. The summed E-state index contributed by atoms with van der Waals surface area (Å²) < 4.78 is 4.58. The number of hydrogen-bond acceptors (Lipinski definition) is 3. The molecule has 0 aliphatic carbocycles. The van der Waals surface area contributed by atoms with Crippen LogP contribution in [0.4, 0.5) is 0 Å². The van der Waals surface area contributed by atoms with E-state index in [0.29, 0.717) is 5.56 Å². The fourth-order valence-corrected chi connectivity index (χ4v) is 3.95. The Balaban J connectivity index is 1.64. The zero-order chi connectivity index (χ0) is 19.0. The second-order valence-electron chi connectivity index (χ2n) is 7.01. The molecule has 1 aliphatic heterocycles. The van der Waals surface area contributed by atoms with Gasteiger partial charge in [-0.2, -0.15) is 10.2 Å². The monoisotopic (exact) mass is 427 g/mol. The van der Waals surface area contributed by atoms with Crippen LogP contribution in [0.3, 0.4) is 0 Å². The van der Waals surface area contributed by atoms with Gasteiger partial charge in [0.2, 0.25) is 0 Å². The first-order chi connectivity index (χ1) is 13.0. The van der Waals surface area contributed by atoms with Crippen LogP contribution in [0.2, 0.25) is 0 Å². The zero-order valence-electron chi connectivity index (χ0n) is 15.5. The second-order valence-corrected chi connectivity index (χ2v) is 7.92. The molecule has 7 heteroatoms. The van der Waals surface area contributed by atoms with E-state index < -0.39 is 0 Å². The summed E-state index contributed by atoms with van der Waals surface area (Å²) >= 11 is 3.45. The Morgan fingerprint density at radius 3 is 2.67 bits per heavy atom. The molecule has 4 rings (SSSR count). The van der Waals surface area contributed by atoms with Crippen LogP contribution in [-0.2, 0) is 7.05 Å². The summed E-state index contributed by atoms with van der Waals surface area (Å²) in [5.74, 6) is 0.0458. The zero-order valence-corrected chi connectivity index (χ0v) is 17.1. The van der Waals surface area contributed by atoms with E-state index in [4.69, 9.17) is 0 Å². The standard InChI is InChI=1S/C20H22BrN5O/c1-14-18(13-26(23-14)17-8-6-16(21)7-9-17)20(27)25-10-4-3-5-19(25)15-11-22-24(2)12-15/h6-9,11-13,19H,3-5,10H2,1-2H3. The van der Waals surface area contributed by atoms with E-state index in [0.717, 1.165) is 47.2 Å². The lowest BCUT2D eigenvalue weighted by Crippen LogP contribution is -2.38. The van der Waals surface area contributed by atoms with E-state index in [9.17, 15) is 4.79 Å². The van der Waals surface area contributed by atoms with E-state index in [1.54, 1.807) is 9.36 Å². The first kappa shape index (κ1) is 18.0. The highest BCUT2D eigenvalue weighted by atomic mass is 79.9. The maximum atomic E-state index is 13.3. The molecule has 1 aromatic carbocycles. The lowest BCUT2D eigenvalue weighted by Gasteiger charge is -2.35. The molecular weight excluding hydrogens is 406 g/mol. The fourth-order valence-electron chi connectivity index (χ4n) is 3.68. The van der Waals surface area contributed by atoms with Crippen LogP contribution in [0.15, 0.2) is 47.3 Å². The van der Waals surface area contributed by atoms with Gasteiger partial charge >= 0.3 is 0 Å². The third kappa shape index (κ3) is 3.56. The molecule has 2 aromatic heterocycles. The van der Waals surface area contributed by atoms with Crippen molar-refractivity contribution in [2.75, 3.05) is 6.54 Å². The molecule has 1 saturated heterocycles. The van der Waals surface area contributed by atoms with Crippen molar-refractivity contribution in [3.63, 3.8) is 0 Å². The molecule has 3 aromatic rings. The van der Waals surface area contributed by atoms with Crippen LogP contribution in [0, 0.1) is 6.92 Å². The van der Waals surface area contributed by atoms with Gasteiger partial charge in [0.15, 0.2) is 0 Å². The Kier molecular flexibility index (Phi) is 4.86. The Labute approximate surface area is 166 Å². The van der Waals surface area contributed by atoms with Crippen molar-refractivity contribution in [2.45, 2.75) is 32.2 Å². The average molecular weight is 428 g/mol. The summed E-state index contributed by atoms with van der Waals surface area (Å²) in [4.78, 5) is 15.3.